The van der Waals surface area contributed by atoms with Crippen molar-refractivity contribution in [3.8, 4) is 0 Å². The predicted molar refractivity (Wildman–Crippen MR) is 69.9 cm³/mol. The number of rotatable bonds is 1. The maximum Gasteiger partial charge on any atom is 0.410 e. The van der Waals surface area contributed by atoms with Crippen molar-refractivity contribution in [3.05, 3.63) is 0 Å². The molecule has 1 heterocycles. The topological polar surface area (TPSA) is 29.5 Å². The van der Waals surface area contributed by atoms with Crippen molar-refractivity contribution >= 4 is 6.09 Å². The van der Waals surface area contributed by atoms with Gasteiger partial charge in [-0.1, -0.05) is 20.3 Å². The highest BCUT2D eigenvalue weighted by Crippen LogP contribution is 2.37. The Labute approximate surface area is 106 Å². The fraction of sp³-hybridized carbons (Fsp3) is 0.929. The molecule has 1 fully saturated rings. The summed E-state index contributed by atoms with van der Waals surface area (Å²) in [6.07, 6.45) is 0.951. The van der Waals surface area contributed by atoms with E-state index in [1.54, 1.807) is 0 Å². The number of ether oxygens (including phenoxy) is 1. The van der Waals surface area contributed by atoms with Crippen LogP contribution in [-0.4, -0.2) is 28.7 Å². The first-order valence-corrected chi connectivity index (χ1v) is 6.70. The van der Waals surface area contributed by atoms with Crippen molar-refractivity contribution in [1.29, 1.82) is 0 Å². The van der Waals surface area contributed by atoms with E-state index in [0.717, 1.165) is 6.42 Å². The van der Waals surface area contributed by atoms with E-state index in [2.05, 4.69) is 27.7 Å². The molecule has 1 amide bonds. The van der Waals surface area contributed by atoms with Crippen LogP contribution in [0.1, 0.15) is 54.9 Å². The van der Waals surface area contributed by atoms with E-state index >= 15 is 0 Å². The number of nitrogens with zero attached hydrogens (tertiary/aromatic N) is 1. The van der Waals surface area contributed by atoms with Crippen LogP contribution in [0, 0.1) is 11.8 Å². The molecule has 3 heteroatoms. The number of hydrogen-bond donors (Lipinski definition) is 0. The third-order valence-corrected chi connectivity index (χ3v) is 4.01. The lowest BCUT2D eigenvalue weighted by atomic mass is 9.88. The highest BCUT2D eigenvalue weighted by molar-refractivity contribution is 5.69. The van der Waals surface area contributed by atoms with Crippen LogP contribution in [0.5, 0.6) is 0 Å². The minimum Gasteiger partial charge on any atom is -0.444 e. The van der Waals surface area contributed by atoms with Gasteiger partial charge in [0, 0.05) is 12.1 Å². The zero-order valence-electron chi connectivity index (χ0n) is 12.3. The first-order chi connectivity index (χ1) is 7.69. The first kappa shape index (κ1) is 14.3. The van der Waals surface area contributed by atoms with Crippen LogP contribution in [0.3, 0.4) is 0 Å². The second-order valence-electron chi connectivity index (χ2n) is 6.30. The van der Waals surface area contributed by atoms with Gasteiger partial charge in [0.25, 0.3) is 0 Å². The maximum absolute atomic E-state index is 12.2. The minimum atomic E-state index is -0.413. The standard InChI is InChI=1S/C14H27NO2/c1-8-12-9(2)10(3)15(11(12)4)13(16)17-14(5,6)7/h9-12H,8H2,1-7H3. The summed E-state index contributed by atoms with van der Waals surface area (Å²) in [5.74, 6) is 1.13. The Kier molecular flexibility index (Phi) is 4.11. The molecule has 0 aromatic heterocycles. The van der Waals surface area contributed by atoms with Crippen molar-refractivity contribution in [3.63, 3.8) is 0 Å². The Morgan fingerprint density at radius 2 is 1.71 bits per heavy atom. The van der Waals surface area contributed by atoms with Crippen LogP contribution in [0.2, 0.25) is 0 Å². The molecule has 1 aliphatic rings. The van der Waals surface area contributed by atoms with E-state index in [-0.39, 0.29) is 18.2 Å². The Morgan fingerprint density at radius 3 is 2.06 bits per heavy atom. The SMILES string of the molecule is CCC1C(C)C(C)N(C(=O)OC(C)(C)C)C1C. The number of likely N-dealkylation sites (tertiary alicyclic amines) is 1. The van der Waals surface area contributed by atoms with E-state index in [4.69, 9.17) is 4.74 Å². The Morgan fingerprint density at radius 1 is 1.18 bits per heavy atom. The largest absolute Gasteiger partial charge is 0.444 e. The van der Waals surface area contributed by atoms with Gasteiger partial charge in [0.05, 0.1) is 0 Å². The molecular formula is C14H27NO2. The van der Waals surface area contributed by atoms with Crippen LogP contribution < -0.4 is 0 Å². The van der Waals surface area contributed by atoms with Gasteiger partial charge in [0.2, 0.25) is 0 Å². The van der Waals surface area contributed by atoms with E-state index in [1.807, 2.05) is 25.7 Å². The molecule has 0 saturated carbocycles. The third-order valence-electron chi connectivity index (χ3n) is 4.01. The molecule has 0 bridgehead atoms. The number of hydrogen-bond acceptors (Lipinski definition) is 2. The van der Waals surface area contributed by atoms with Crippen molar-refractivity contribution in [1.82, 2.24) is 4.90 Å². The molecule has 100 valence electrons. The zero-order valence-corrected chi connectivity index (χ0v) is 12.3. The molecule has 4 unspecified atom stereocenters. The van der Waals surface area contributed by atoms with Gasteiger partial charge in [-0.3, -0.25) is 0 Å². The van der Waals surface area contributed by atoms with Crippen molar-refractivity contribution in [2.24, 2.45) is 11.8 Å². The van der Waals surface area contributed by atoms with E-state index in [1.165, 1.54) is 0 Å². The molecule has 3 nitrogen and oxygen atoms in total. The summed E-state index contributed by atoms with van der Waals surface area (Å²) < 4.78 is 5.49. The normalized spacial score (nSPS) is 33.9. The lowest BCUT2D eigenvalue weighted by molar-refractivity contribution is 0.0153. The fourth-order valence-electron chi connectivity index (χ4n) is 2.99. The number of carbonyl (C=O) groups is 1. The van der Waals surface area contributed by atoms with Gasteiger partial charge in [-0.15, -0.1) is 0 Å². The highest BCUT2D eigenvalue weighted by atomic mass is 16.6. The summed E-state index contributed by atoms with van der Waals surface area (Å²) >= 11 is 0. The highest BCUT2D eigenvalue weighted by Gasteiger charge is 2.44. The number of amides is 1. The summed E-state index contributed by atoms with van der Waals surface area (Å²) in [5, 5.41) is 0. The Hall–Kier alpha value is -0.730. The second kappa shape index (κ2) is 4.87. The predicted octanol–water partition coefficient (Wildman–Crippen LogP) is 3.68. The van der Waals surface area contributed by atoms with Gasteiger partial charge in [0.1, 0.15) is 5.60 Å². The van der Waals surface area contributed by atoms with Crippen molar-refractivity contribution in [2.75, 3.05) is 0 Å². The fourth-order valence-corrected chi connectivity index (χ4v) is 2.99. The van der Waals surface area contributed by atoms with Gasteiger partial charge in [0.15, 0.2) is 0 Å². The van der Waals surface area contributed by atoms with Crippen LogP contribution in [0.15, 0.2) is 0 Å². The molecule has 1 aliphatic heterocycles. The molecule has 0 aromatic rings. The van der Waals surface area contributed by atoms with E-state index in [9.17, 15) is 4.79 Å². The quantitative estimate of drug-likeness (QED) is 0.701. The smallest absolute Gasteiger partial charge is 0.410 e. The lowest BCUT2D eigenvalue weighted by Crippen LogP contribution is -2.43. The van der Waals surface area contributed by atoms with Crippen molar-refractivity contribution < 1.29 is 9.53 Å². The molecule has 0 radical (unpaired) electrons. The van der Waals surface area contributed by atoms with E-state index < -0.39 is 5.60 Å². The molecule has 1 rings (SSSR count). The molecule has 1 saturated heterocycles. The lowest BCUT2D eigenvalue weighted by Gasteiger charge is -2.30. The van der Waals surface area contributed by atoms with Gasteiger partial charge in [-0.2, -0.15) is 0 Å². The maximum atomic E-state index is 12.2. The van der Waals surface area contributed by atoms with Gasteiger partial charge >= 0.3 is 6.09 Å². The molecule has 4 atom stereocenters. The van der Waals surface area contributed by atoms with Gasteiger partial charge < -0.3 is 9.64 Å². The van der Waals surface area contributed by atoms with Crippen LogP contribution in [-0.2, 0) is 4.74 Å². The second-order valence-corrected chi connectivity index (χ2v) is 6.30. The monoisotopic (exact) mass is 241 g/mol. The molecule has 17 heavy (non-hydrogen) atoms. The summed E-state index contributed by atoms with van der Waals surface area (Å²) in [6.45, 7) is 14.4. The van der Waals surface area contributed by atoms with Crippen LogP contribution >= 0.6 is 0 Å². The minimum absolute atomic E-state index is 0.166. The average molecular weight is 241 g/mol. The summed E-state index contributed by atoms with van der Waals surface area (Å²) in [5.41, 5.74) is -0.413. The van der Waals surface area contributed by atoms with E-state index in [0.29, 0.717) is 11.8 Å². The molecule has 0 aliphatic carbocycles. The Balaban J connectivity index is 2.81. The van der Waals surface area contributed by atoms with Crippen LogP contribution in [0.25, 0.3) is 0 Å². The average Bonchev–Trinajstić information content (AvgIpc) is 2.35. The first-order valence-electron chi connectivity index (χ1n) is 6.70. The van der Waals surface area contributed by atoms with Crippen LogP contribution in [0.4, 0.5) is 4.79 Å². The zero-order chi connectivity index (χ0) is 13.4. The molecule has 0 spiro atoms. The summed E-state index contributed by atoms with van der Waals surface area (Å²) in [7, 11) is 0. The third kappa shape index (κ3) is 2.93. The summed E-state index contributed by atoms with van der Waals surface area (Å²) in [6, 6.07) is 0.546. The van der Waals surface area contributed by atoms with Crippen molar-refractivity contribution in [2.45, 2.75) is 72.6 Å². The summed E-state index contributed by atoms with van der Waals surface area (Å²) in [4.78, 5) is 14.1. The molecule has 0 N–H and O–H groups in total. The number of carbonyl (C=O) groups excluding carboxylic acids is 1. The molecular weight excluding hydrogens is 214 g/mol. The molecule has 0 aromatic carbocycles. The van der Waals surface area contributed by atoms with Gasteiger partial charge in [-0.05, 0) is 46.5 Å². The van der Waals surface area contributed by atoms with Gasteiger partial charge in [-0.25, -0.2) is 4.79 Å². The Bertz CT molecular complexity index is 282.